The van der Waals surface area contributed by atoms with Crippen molar-refractivity contribution in [1.82, 2.24) is 15.1 Å². The van der Waals surface area contributed by atoms with Crippen molar-refractivity contribution in [2.24, 2.45) is 0 Å². The molecule has 0 saturated heterocycles. The summed E-state index contributed by atoms with van der Waals surface area (Å²) in [7, 11) is 0. The van der Waals surface area contributed by atoms with Gasteiger partial charge in [0.1, 0.15) is 11.6 Å². The highest BCUT2D eigenvalue weighted by atomic mass is 19.1. The van der Waals surface area contributed by atoms with Gasteiger partial charge in [0.05, 0.1) is 5.69 Å². The third kappa shape index (κ3) is 4.11. The maximum Gasteiger partial charge on any atom is 0.251 e. The summed E-state index contributed by atoms with van der Waals surface area (Å²) in [6, 6.07) is 4.74. The number of amides is 1. The maximum atomic E-state index is 13.0. The van der Waals surface area contributed by atoms with E-state index >= 15 is 0 Å². The molecule has 0 aliphatic heterocycles. The van der Waals surface area contributed by atoms with E-state index in [1.54, 1.807) is 0 Å². The van der Waals surface area contributed by atoms with Crippen LogP contribution >= 0.6 is 0 Å². The smallest absolute Gasteiger partial charge is 0.251 e. The summed E-state index contributed by atoms with van der Waals surface area (Å²) >= 11 is 0. The van der Waals surface area contributed by atoms with Crippen LogP contribution in [0, 0.1) is 25.5 Å². The van der Waals surface area contributed by atoms with Gasteiger partial charge in [-0.3, -0.25) is 9.48 Å². The Kier molecular flexibility index (Phi) is 4.67. The van der Waals surface area contributed by atoms with E-state index in [2.05, 4.69) is 10.4 Å². The van der Waals surface area contributed by atoms with E-state index in [0.717, 1.165) is 29.6 Å². The van der Waals surface area contributed by atoms with Crippen LogP contribution in [0.25, 0.3) is 0 Å². The van der Waals surface area contributed by atoms with E-state index < -0.39 is 17.5 Å². The van der Waals surface area contributed by atoms with Gasteiger partial charge in [-0.2, -0.15) is 5.10 Å². The number of nitrogens with one attached hydrogen (secondary N) is 1. The first-order valence-corrected chi connectivity index (χ1v) is 6.71. The number of halogens is 2. The third-order valence-corrected chi connectivity index (χ3v) is 3.06. The molecule has 1 aromatic heterocycles. The van der Waals surface area contributed by atoms with Crippen LogP contribution in [-0.2, 0) is 6.54 Å². The number of hydrogen-bond acceptors (Lipinski definition) is 2. The lowest BCUT2D eigenvalue weighted by atomic mass is 10.2. The van der Waals surface area contributed by atoms with Gasteiger partial charge in [-0.25, -0.2) is 8.78 Å². The highest BCUT2D eigenvalue weighted by molar-refractivity contribution is 5.94. The second-order valence-electron chi connectivity index (χ2n) is 4.92. The molecule has 2 aromatic rings. The molecule has 112 valence electrons. The second-order valence-corrected chi connectivity index (χ2v) is 4.92. The molecule has 1 N–H and O–H groups in total. The van der Waals surface area contributed by atoms with Crippen LogP contribution in [-0.4, -0.2) is 22.2 Å². The average Bonchev–Trinajstić information content (AvgIpc) is 2.71. The van der Waals surface area contributed by atoms with Crippen LogP contribution in [0.4, 0.5) is 8.78 Å². The minimum absolute atomic E-state index is 0.0152. The lowest BCUT2D eigenvalue weighted by molar-refractivity contribution is 0.0951. The number of hydrogen-bond donors (Lipinski definition) is 1. The zero-order chi connectivity index (χ0) is 15.4. The lowest BCUT2D eigenvalue weighted by Gasteiger charge is -2.07. The van der Waals surface area contributed by atoms with Crippen LogP contribution < -0.4 is 5.32 Å². The molecule has 0 unspecified atom stereocenters. The van der Waals surface area contributed by atoms with Gasteiger partial charge in [0.2, 0.25) is 0 Å². The Morgan fingerprint density at radius 1 is 1.19 bits per heavy atom. The van der Waals surface area contributed by atoms with Crippen LogP contribution in [0.1, 0.15) is 28.2 Å². The molecule has 21 heavy (non-hydrogen) atoms. The van der Waals surface area contributed by atoms with Crippen molar-refractivity contribution in [3.8, 4) is 0 Å². The quantitative estimate of drug-likeness (QED) is 0.861. The number of carbonyl (C=O) groups is 1. The van der Waals surface area contributed by atoms with Crippen LogP contribution in [0.2, 0.25) is 0 Å². The molecule has 0 spiro atoms. The van der Waals surface area contributed by atoms with Crippen molar-refractivity contribution in [3.63, 3.8) is 0 Å². The molecular formula is C15H17F2N3O. The molecule has 6 heteroatoms. The van der Waals surface area contributed by atoms with Crippen molar-refractivity contribution in [2.45, 2.75) is 26.8 Å². The molecule has 4 nitrogen and oxygen atoms in total. The Morgan fingerprint density at radius 2 is 1.86 bits per heavy atom. The maximum absolute atomic E-state index is 13.0. The Balaban J connectivity index is 1.83. The fraction of sp³-hybridized carbons (Fsp3) is 0.333. The first-order valence-electron chi connectivity index (χ1n) is 6.71. The third-order valence-electron chi connectivity index (χ3n) is 3.06. The predicted molar refractivity (Wildman–Crippen MR) is 75.0 cm³/mol. The van der Waals surface area contributed by atoms with Crippen molar-refractivity contribution < 1.29 is 13.6 Å². The number of rotatable bonds is 5. The van der Waals surface area contributed by atoms with Gasteiger partial charge < -0.3 is 5.32 Å². The Bertz CT molecular complexity index is 632. The Labute approximate surface area is 121 Å². The molecule has 0 aliphatic carbocycles. The molecule has 2 rings (SSSR count). The number of benzene rings is 1. The normalized spacial score (nSPS) is 10.7. The summed E-state index contributed by atoms with van der Waals surface area (Å²) < 4.78 is 27.9. The van der Waals surface area contributed by atoms with E-state index in [9.17, 15) is 13.6 Å². The summed E-state index contributed by atoms with van der Waals surface area (Å²) in [5, 5.41) is 6.95. The van der Waals surface area contributed by atoms with Crippen molar-refractivity contribution in [1.29, 1.82) is 0 Å². The van der Waals surface area contributed by atoms with Crippen LogP contribution in [0.3, 0.4) is 0 Å². The summed E-state index contributed by atoms with van der Waals surface area (Å²) in [5.41, 5.74) is 2.00. The molecule has 1 amide bonds. The molecular weight excluding hydrogens is 276 g/mol. The molecule has 1 aromatic carbocycles. The fourth-order valence-corrected chi connectivity index (χ4v) is 2.12. The Hall–Kier alpha value is -2.24. The van der Waals surface area contributed by atoms with Gasteiger partial charge in [0.25, 0.3) is 5.91 Å². The van der Waals surface area contributed by atoms with Gasteiger partial charge in [-0.1, -0.05) is 0 Å². The molecule has 0 bridgehead atoms. The van der Waals surface area contributed by atoms with Gasteiger partial charge in [-0.15, -0.1) is 0 Å². The highest BCUT2D eigenvalue weighted by Crippen LogP contribution is 2.08. The fourth-order valence-electron chi connectivity index (χ4n) is 2.12. The lowest BCUT2D eigenvalue weighted by Crippen LogP contribution is -2.25. The van der Waals surface area contributed by atoms with E-state index in [4.69, 9.17) is 0 Å². The highest BCUT2D eigenvalue weighted by Gasteiger charge is 2.08. The first-order chi connectivity index (χ1) is 9.95. The Morgan fingerprint density at radius 3 is 2.43 bits per heavy atom. The molecule has 0 aliphatic rings. The molecule has 0 atom stereocenters. The zero-order valence-corrected chi connectivity index (χ0v) is 12.0. The topological polar surface area (TPSA) is 46.9 Å². The molecule has 0 radical (unpaired) electrons. The largest absolute Gasteiger partial charge is 0.352 e. The van der Waals surface area contributed by atoms with Gasteiger partial charge in [-0.05, 0) is 38.5 Å². The van der Waals surface area contributed by atoms with Crippen molar-refractivity contribution >= 4 is 5.91 Å². The number of aryl methyl sites for hydroxylation is 3. The van der Waals surface area contributed by atoms with E-state index in [-0.39, 0.29) is 5.56 Å². The predicted octanol–water partition coefficient (Wildman–Crippen LogP) is 2.60. The van der Waals surface area contributed by atoms with Gasteiger partial charge in [0, 0.05) is 30.4 Å². The van der Waals surface area contributed by atoms with Crippen LogP contribution in [0.5, 0.6) is 0 Å². The second kappa shape index (κ2) is 6.47. The minimum atomic E-state index is -0.761. The summed E-state index contributed by atoms with van der Waals surface area (Å²) in [6.07, 6.45) is 0.686. The zero-order valence-electron chi connectivity index (χ0n) is 12.0. The van der Waals surface area contributed by atoms with E-state index in [0.29, 0.717) is 19.5 Å². The average molecular weight is 293 g/mol. The van der Waals surface area contributed by atoms with Crippen molar-refractivity contribution in [3.05, 3.63) is 52.9 Å². The summed E-state index contributed by atoms with van der Waals surface area (Å²) in [4.78, 5) is 11.8. The molecule has 0 fully saturated rings. The number of aromatic nitrogens is 2. The monoisotopic (exact) mass is 293 g/mol. The number of nitrogens with zero attached hydrogens (tertiary/aromatic N) is 2. The molecule has 0 saturated carbocycles. The van der Waals surface area contributed by atoms with Gasteiger partial charge in [0.15, 0.2) is 0 Å². The van der Waals surface area contributed by atoms with Crippen molar-refractivity contribution in [2.75, 3.05) is 6.54 Å². The van der Waals surface area contributed by atoms with E-state index in [1.807, 2.05) is 24.6 Å². The van der Waals surface area contributed by atoms with E-state index in [1.165, 1.54) is 0 Å². The summed E-state index contributed by atoms with van der Waals surface area (Å²) in [6.45, 7) is 4.98. The number of carbonyl (C=O) groups excluding carboxylic acids is 1. The minimum Gasteiger partial charge on any atom is -0.352 e. The summed E-state index contributed by atoms with van der Waals surface area (Å²) in [5.74, 6) is -2.01. The first kappa shape index (κ1) is 15.2. The molecule has 1 heterocycles. The SMILES string of the molecule is Cc1cc(C)n(CCCNC(=O)c2cc(F)cc(F)c2)n1. The van der Waals surface area contributed by atoms with Gasteiger partial charge >= 0.3 is 0 Å². The van der Waals surface area contributed by atoms with Crippen LogP contribution in [0.15, 0.2) is 24.3 Å². The standard InChI is InChI=1S/C15H17F2N3O/c1-10-6-11(2)20(19-10)5-3-4-18-15(21)12-7-13(16)9-14(17)8-12/h6-9H,3-5H2,1-2H3,(H,18,21).